The van der Waals surface area contributed by atoms with Crippen LogP contribution in [-0.4, -0.2) is 16.8 Å². The molecule has 0 aromatic rings. The first-order valence-electron chi connectivity index (χ1n) is 6.01. The monoisotopic (exact) mass is 245 g/mol. The van der Waals surface area contributed by atoms with Crippen LogP contribution in [0.4, 0.5) is 0 Å². The highest BCUT2D eigenvalue weighted by molar-refractivity contribution is 7.80. The molecule has 0 radical (unpaired) electrons. The summed E-state index contributed by atoms with van der Waals surface area (Å²) in [6.45, 7) is 15.0. The molecule has 0 unspecified atom stereocenters. The van der Waals surface area contributed by atoms with E-state index in [-0.39, 0.29) is 5.60 Å². The Bertz CT molecular complexity index is 229. The summed E-state index contributed by atoms with van der Waals surface area (Å²) >= 11 is 5.15. The normalized spacial score (nSPS) is 12.8. The van der Waals surface area contributed by atoms with Crippen molar-refractivity contribution in [3.05, 3.63) is 0 Å². The summed E-state index contributed by atoms with van der Waals surface area (Å²) in [6, 6.07) is 0.325. The predicted octanol–water partition coefficient (Wildman–Crippen LogP) is 3.89. The SMILES string of the molecule is CC(C)NC(=S)OC(C)(C)CCC(C)(C)C. The van der Waals surface area contributed by atoms with Gasteiger partial charge in [0.15, 0.2) is 0 Å². The van der Waals surface area contributed by atoms with Gasteiger partial charge in [-0.3, -0.25) is 0 Å². The van der Waals surface area contributed by atoms with Crippen LogP contribution in [0.3, 0.4) is 0 Å². The smallest absolute Gasteiger partial charge is 0.257 e. The number of hydrogen-bond donors (Lipinski definition) is 1. The lowest BCUT2D eigenvalue weighted by molar-refractivity contribution is 0.0699. The van der Waals surface area contributed by atoms with E-state index < -0.39 is 0 Å². The fraction of sp³-hybridized carbons (Fsp3) is 0.923. The molecule has 0 amide bonds. The zero-order chi connectivity index (χ0) is 13.0. The Balaban J connectivity index is 4.09. The Hall–Kier alpha value is -0.310. The molecule has 0 aliphatic heterocycles. The first kappa shape index (κ1) is 15.7. The van der Waals surface area contributed by atoms with Crippen LogP contribution in [0.1, 0.15) is 61.3 Å². The zero-order valence-electron chi connectivity index (χ0n) is 11.8. The zero-order valence-corrected chi connectivity index (χ0v) is 12.6. The van der Waals surface area contributed by atoms with Crippen molar-refractivity contribution < 1.29 is 4.74 Å². The Labute approximate surface area is 106 Å². The molecule has 0 aliphatic carbocycles. The summed E-state index contributed by atoms with van der Waals surface area (Å²) in [5.74, 6) is 0. The van der Waals surface area contributed by atoms with Crippen molar-refractivity contribution in [2.45, 2.75) is 73.0 Å². The molecule has 0 aromatic carbocycles. The van der Waals surface area contributed by atoms with Crippen molar-refractivity contribution in [2.24, 2.45) is 5.41 Å². The van der Waals surface area contributed by atoms with Gasteiger partial charge in [0.1, 0.15) is 5.60 Å². The van der Waals surface area contributed by atoms with E-state index in [4.69, 9.17) is 17.0 Å². The van der Waals surface area contributed by atoms with Gasteiger partial charge in [-0.25, -0.2) is 0 Å². The van der Waals surface area contributed by atoms with Gasteiger partial charge in [-0.2, -0.15) is 0 Å². The number of hydrogen-bond acceptors (Lipinski definition) is 2. The number of nitrogens with one attached hydrogen (secondary N) is 1. The maximum Gasteiger partial charge on any atom is 0.257 e. The second-order valence-corrected chi connectivity index (χ2v) is 6.88. The molecule has 0 spiro atoms. The molecule has 1 N–H and O–H groups in total. The van der Waals surface area contributed by atoms with E-state index in [1.54, 1.807) is 0 Å². The highest BCUT2D eigenvalue weighted by atomic mass is 32.1. The summed E-state index contributed by atoms with van der Waals surface area (Å²) in [7, 11) is 0. The summed E-state index contributed by atoms with van der Waals surface area (Å²) < 4.78 is 5.76. The highest BCUT2D eigenvalue weighted by Crippen LogP contribution is 2.27. The lowest BCUT2D eigenvalue weighted by Crippen LogP contribution is -2.38. The standard InChI is InChI=1S/C13H27NOS/c1-10(2)14-11(16)15-13(6,7)9-8-12(3,4)5/h10H,8-9H2,1-7H3,(H,14,16). The molecule has 0 fully saturated rings. The maximum atomic E-state index is 5.76. The van der Waals surface area contributed by atoms with E-state index in [1.165, 1.54) is 0 Å². The van der Waals surface area contributed by atoms with E-state index in [9.17, 15) is 0 Å². The summed E-state index contributed by atoms with van der Waals surface area (Å²) in [5.41, 5.74) is 0.153. The molecule has 3 heteroatoms. The van der Waals surface area contributed by atoms with Gasteiger partial charge in [0, 0.05) is 6.04 Å². The quantitative estimate of drug-likeness (QED) is 0.759. The lowest BCUT2D eigenvalue weighted by atomic mass is 9.86. The molecule has 0 aromatic heterocycles. The van der Waals surface area contributed by atoms with Crippen molar-refractivity contribution in [1.82, 2.24) is 5.32 Å². The van der Waals surface area contributed by atoms with Crippen LogP contribution in [0.15, 0.2) is 0 Å². The minimum absolute atomic E-state index is 0.188. The maximum absolute atomic E-state index is 5.76. The van der Waals surface area contributed by atoms with Crippen LogP contribution in [0, 0.1) is 5.41 Å². The van der Waals surface area contributed by atoms with E-state index in [2.05, 4.69) is 53.8 Å². The second-order valence-electron chi connectivity index (χ2n) is 6.51. The minimum Gasteiger partial charge on any atom is -0.465 e. The first-order valence-corrected chi connectivity index (χ1v) is 6.42. The Morgan fingerprint density at radius 2 is 1.62 bits per heavy atom. The molecule has 0 saturated heterocycles. The highest BCUT2D eigenvalue weighted by Gasteiger charge is 2.24. The predicted molar refractivity (Wildman–Crippen MR) is 74.7 cm³/mol. The van der Waals surface area contributed by atoms with Crippen molar-refractivity contribution in [3.8, 4) is 0 Å². The Kier molecular flexibility index (Phi) is 5.74. The van der Waals surface area contributed by atoms with Crippen molar-refractivity contribution in [1.29, 1.82) is 0 Å². The average molecular weight is 245 g/mol. The van der Waals surface area contributed by atoms with Crippen LogP contribution in [-0.2, 0) is 4.74 Å². The number of ether oxygens (including phenoxy) is 1. The van der Waals surface area contributed by atoms with E-state index >= 15 is 0 Å². The van der Waals surface area contributed by atoms with Crippen molar-refractivity contribution in [3.63, 3.8) is 0 Å². The Morgan fingerprint density at radius 3 is 2.00 bits per heavy atom. The van der Waals surface area contributed by atoms with Gasteiger partial charge in [-0.05, 0) is 58.2 Å². The Morgan fingerprint density at radius 1 is 1.12 bits per heavy atom. The van der Waals surface area contributed by atoms with E-state index in [0.717, 1.165) is 12.8 Å². The van der Waals surface area contributed by atoms with Gasteiger partial charge >= 0.3 is 0 Å². The molecule has 96 valence electrons. The van der Waals surface area contributed by atoms with Gasteiger partial charge in [0.05, 0.1) is 0 Å². The van der Waals surface area contributed by atoms with Crippen LogP contribution >= 0.6 is 12.2 Å². The fourth-order valence-electron chi connectivity index (χ4n) is 1.24. The van der Waals surface area contributed by atoms with Crippen molar-refractivity contribution >= 4 is 17.4 Å². The van der Waals surface area contributed by atoms with Crippen LogP contribution in [0.2, 0.25) is 0 Å². The topological polar surface area (TPSA) is 21.3 Å². The summed E-state index contributed by atoms with van der Waals surface area (Å²) in [6.07, 6.45) is 2.14. The minimum atomic E-state index is -0.188. The van der Waals surface area contributed by atoms with Gasteiger partial charge in [-0.15, -0.1) is 0 Å². The molecule has 0 atom stereocenters. The second kappa shape index (κ2) is 5.85. The third kappa shape index (κ3) is 8.96. The number of rotatable bonds is 4. The largest absolute Gasteiger partial charge is 0.465 e. The molecule has 0 saturated carbocycles. The average Bonchev–Trinajstić information content (AvgIpc) is 1.96. The molecule has 2 nitrogen and oxygen atoms in total. The third-order valence-electron chi connectivity index (χ3n) is 2.25. The molecule has 0 aliphatic rings. The molecule has 16 heavy (non-hydrogen) atoms. The molecule has 0 bridgehead atoms. The van der Waals surface area contributed by atoms with Crippen LogP contribution < -0.4 is 5.32 Å². The molecular formula is C13H27NOS. The fourth-order valence-corrected chi connectivity index (χ4v) is 1.70. The van der Waals surface area contributed by atoms with E-state index in [0.29, 0.717) is 16.6 Å². The van der Waals surface area contributed by atoms with Crippen LogP contribution in [0.5, 0.6) is 0 Å². The summed E-state index contributed by atoms with van der Waals surface area (Å²) in [4.78, 5) is 0. The molecule has 0 rings (SSSR count). The lowest BCUT2D eigenvalue weighted by Gasteiger charge is -2.30. The third-order valence-corrected chi connectivity index (χ3v) is 2.45. The van der Waals surface area contributed by atoms with Gasteiger partial charge in [0.25, 0.3) is 5.17 Å². The van der Waals surface area contributed by atoms with E-state index in [1.807, 2.05) is 0 Å². The van der Waals surface area contributed by atoms with Crippen LogP contribution in [0.25, 0.3) is 0 Å². The van der Waals surface area contributed by atoms with Gasteiger partial charge < -0.3 is 10.1 Å². The van der Waals surface area contributed by atoms with Crippen molar-refractivity contribution in [2.75, 3.05) is 0 Å². The molecule has 0 heterocycles. The van der Waals surface area contributed by atoms with Gasteiger partial charge in [-0.1, -0.05) is 20.8 Å². The number of thiocarbonyl (C=S) groups is 1. The molecular weight excluding hydrogens is 218 g/mol. The first-order chi connectivity index (χ1) is 7.02. The summed E-state index contributed by atoms with van der Waals surface area (Å²) in [5, 5.41) is 3.61. The van der Waals surface area contributed by atoms with Gasteiger partial charge in [0.2, 0.25) is 0 Å².